The predicted molar refractivity (Wildman–Crippen MR) is 63.8 cm³/mol. The Labute approximate surface area is 101 Å². The summed E-state index contributed by atoms with van der Waals surface area (Å²) in [4.78, 5) is 15.5. The molecule has 0 atom stereocenters. The summed E-state index contributed by atoms with van der Waals surface area (Å²) in [7, 11) is 1.57. The molecule has 1 aromatic rings. The number of pyridine rings is 1. The number of ether oxygens (including phenoxy) is 1. The largest absolute Gasteiger partial charge is 0.481 e. The van der Waals surface area contributed by atoms with E-state index in [-0.39, 0.29) is 6.03 Å². The lowest BCUT2D eigenvalue weighted by Crippen LogP contribution is -2.36. The first-order valence-corrected chi connectivity index (χ1v) is 5.78. The summed E-state index contributed by atoms with van der Waals surface area (Å²) in [6.45, 7) is 1.26. The van der Waals surface area contributed by atoms with Gasteiger partial charge in [-0.25, -0.2) is 9.78 Å². The van der Waals surface area contributed by atoms with Crippen LogP contribution in [0.5, 0.6) is 5.88 Å². The number of urea groups is 1. The molecule has 0 spiro atoms. The fraction of sp³-hybridized carbons (Fsp3) is 0.500. The number of amides is 2. The molecule has 1 aromatic heterocycles. The van der Waals surface area contributed by atoms with Gasteiger partial charge >= 0.3 is 6.03 Å². The Kier molecular flexibility index (Phi) is 3.80. The molecule has 0 saturated heterocycles. The van der Waals surface area contributed by atoms with Gasteiger partial charge in [0.25, 0.3) is 0 Å². The van der Waals surface area contributed by atoms with Crippen molar-refractivity contribution in [3.63, 3.8) is 0 Å². The first-order valence-electron chi connectivity index (χ1n) is 5.78. The highest BCUT2D eigenvalue weighted by atomic mass is 16.5. The predicted octanol–water partition coefficient (Wildman–Crippen LogP) is 1.30. The van der Waals surface area contributed by atoms with Crippen LogP contribution in [0.3, 0.4) is 0 Å². The molecule has 17 heavy (non-hydrogen) atoms. The monoisotopic (exact) mass is 235 g/mol. The van der Waals surface area contributed by atoms with E-state index in [1.54, 1.807) is 19.4 Å². The molecule has 1 aliphatic carbocycles. The van der Waals surface area contributed by atoms with Crippen molar-refractivity contribution in [3.05, 3.63) is 23.9 Å². The Morgan fingerprint density at radius 3 is 2.88 bits per heavy atom. The van der Waals surface area contributed by atoms with Gasteiger partial charge in [-0.2, -0.15) is 0 Å². The van der Waals surface area contributed by atoms with Gasteiger partial charge < -0.3 is 15.4 Å². The molecule has 5 nitrogen and oxygen atoms in total. The quantitative estimate of drug-likeness (QED) is 0.808. The Hall–Kier alpha value is -1.78. The van der Waals surface area contributed by atoms with Crippen LogP contribution < -0.4 is 15.4 Å². The fourth-order valence-electron chi connectivity index (χ4n) is 1.44. The van der Waals surface area contributed by atoms with Crippen LogP contribution in [0.1, 0.15) is 18.4 Å². The molecule has 2 N–H and O–H groups in total. The molecule has 5 heteroatoms. The number of hydrogen-bond acceptors (Lipinski definition) is 3. The summed E-state index contributed by atoms with van der Waals surface area (Å²) in [5.74, 6) is 1.27. The van der Waals surface area contributed by atoms with Crippen molar-refractivity contribution in [2.45, 2.75) is 19.4 Å². The number of hydrogen-bond donors (Lipinski definition) is 2. The molecule has 0 bridgehead atoms. The van der Waals surface area contributed by atoms with Gasteiger partial charge in [0.15, 0.2) is 0 Å². The molecule has 1 aliphatic rings. The maximum Gasteiger partial charge on any atom is 0.315 e. The molecule has 92 valence electrons. The molecule has 0 unspecified atom stereocenters. The molecule has 2 rings (SSSR count). The van der Waals surface area contributed by atoms with Gasteiger partial charge in [-0.3, -0.25) is 0 Å². The first kappa shape index (κ1) is 11.7. The summed E-state index contributed by atoms with van der Waals surface area (Å²) in [6.07, 6.45) is 4.17. The Morgan fingerprint density at radius 2 is 2.29 bits per heavy atom. The highest BCUT2D eigenvalue weighted by Crippen LogP contribution is 2.27. The van der Waals surface area contributed by atoms with Crippen LogP contribution in [-0.2, 0) is 6.54 Å². The van der Waals surface area contributed by atoms with Gasteiger partial charge in [-0.05, 0) is 24.3 Å². The lowest BCUT2D eigenvalue weighted by Gasteiger charge is -2.07. The van der Waals surface area contributed by atoms with E-state index < -0.39 is 0 Å². The first-order chi connectivity index (χ1) is 8.28. The Morgan fingerprint density at radius 1 is 1.47 bits per heavy atom. The number of rotatable bonds is 5. The molecule has 1 heterocycles. The topological polar surface area (TPSA) is 63.2 Å². The average Bonchev–Trinajstić information content (AvgIpc) is 3.18. The normalized spacial score (nSPS) is 14.2. The molecule has 1 fully saturated rings. The summed E-state index contributed by atoms with van der Waals surface area (Å²) >= 11 is 0. The zero-order valence-electron chi connectivity index (χ0n) is 9.90. The maximum absolute atomic E-state index is 11.4. The van der Waals surface area contributed by atoms with Crippen molar-refractivity contribution < 1.29 is 9.53 Å². The van der Waals surface area contributed by atoms with Crippen LogP contribution in [0, 0.1) is 5.92 Å². The smallest absolute Gasteiger partial charge is 0.315 e. The van der Waals surface area contributed by atoms with Crippen molar-refractivity contribution >= 4 is 6.03 Å². The van der Waals surface area contributed by atoms with E-state index in [0.717, 1.165) is 12.1 Å². The lowest BCUT2D eigenvalue weighted by atomic mass is 10.3. The highest BCUT2D eigenvalue weighted by molar-refractivity contribution is 5.73. The minimum atomic E-state index is -0.118. The second-order valence-electron chi connectivity index (χ2n) is 4.22. The summed E-state index contributed by atoms with van der Waals surface area (Å²) < 4.78 is 4.96. The van der Waals surface area contributed by atoms with Crippen LogP contribution in [-0.4, -0.2) is 24.7 Å². The molecular formula is C12H17N3O2. The maximum atomic E-state index is 11.4. The molecule has 0 aliphatic heterocycles. The summed E-state index contributed by atoms with van der Waals surface area (Å²) in [6, 6.07) is 3.54. The van der Waals surface area contributed by atoms with Crippen LogP contribution in [0.2, 0.25) is 0 Å². The second-order valence-corrected chi connectivity index (χ2v) is 4.22. The fourth-order valence-corrected chi connectivity index (χ4v) is 1.44. The SMILES string of the molecule is COc1ccc(CNC(=O)NCC2CC2)cn1. The van der Waals surface area contributed by atoms with Crippen molar-refractivity contribution in [3.8, 4) is 5.88 Å². The van der Waals surface area contributed by atoms with Gasteiger partial charge in [-0.1, -0.05) is 6.07 Å². The van der Waals surface area contributed by atoms with Crippen LogP contribution in [0.25, 0.3) is 0 Å². The van der Waals surface area contributed by atoms with Gasteiger partial charge in [0, 0.05) is 25.4 Å². The molecule has 0 radical (unpaired) electrons. The van der Waals surface area contributed by atoms with Crippen LogP contribution in [0.4, 0.5) is 4.79 Å². The van der Waals surface area contributed by atoms with Crippen LogP contribution >= 0.6 is 0 Å². The highest BCUT2D eigenvalue weighted by Gasteiger charge is 2.21. The molecule has 1 saturated carbocycles. The molecule has 0 aromatic carbocycles. The third-order valence-electron chi connectivity index (χ3n) is 2.71. The minimum absolute atomic E-state index is 0.118. The zero-order chi connectivity index (χ0) is 12.1. The number of aromatic nitrogens is 1. The second kappa shape index (κ2) is 5.52. The summed E-state index contributed by atoms with van der Waals surface area (Å²) in [5.41, 5.74) is 0.951. The van der Waals surface area contributed by atoms with Crippen molar-refractivity contribution in [1.82, 2.24) is 15.6 Å². The van der Waals surface area contributed by atoms with E-state index in [4.69, 9.17) is 4.74 Å². The van der Waals surface area contributed by atoms with Crippen molar-refractivity contribution in [2.75, 3.05) is 13.7 Å². The van der Waals surface area contributed by atoms with E-state index in [1.807, 2.05) is 6.07 Å². The Balaban J connectivity index is 1.70. The van der Waals surface area contributed by atoms with Gasteiger partial charge in [0.2, 0.25) is 5.88 Å². The van der Waals surface area contributed by atoms with Crippen molar-refractivity contribution in [2.24, 2.45) is 5.92 Å². The van der Waals surface area contributed by atoms with E-state index in [1.165, 1.54) is 12.8 Å². The van der Waals surface area contributed by atoms with E-state index in [9.17, 15) is 4.79 Å². The number of methoxy groups -OCH3 is 1. The third-order valence-corrected chi connectivity index (χ3v) is 2.71. The number of carbonyl (C=O) groups excluding carboxylic acids is 1. The van der Waals surface area contributed by atoms with Gasteiger partial charge in [0.05, 0.1) is 7.11 Å². The van der Waals surface area contributed by atoms with Gasteiger partial charge in [-0.15, -0.1) is 0 Å². The van der Waals surface area contributed by atoms with E-state index in [0.29, 0.717) is 18.3 Å². The zero-order valence-corrected chi connectivity index (χ0v) is 9.90. The molecular weight excluding hydrogens is 218 g/mol. The Bertz CT molecular complexity index is 374. The number of nitrogens with zero attached hydrogens (tertiary/aromatic N) is 1. The van der Waals surface area contributed by atoms with E-state index >= 15 is 0 Å². The van der Waals surface area contributed by atoms with Gasteiger partial charge in [0.1, 0.15) is 0 Å². The van der Waals surface area contributed by atoms with Crippen molar-refractivity contribution in [1.29, 1.82) is 0 Å². The average molecular weight is 235 g/mol. The minimum Gasteiger partial charge on any atom is -0.481 e. The number of carbonyl (C=O) groups is 1. The number of nitrogens with one attached hydrogen (secondary N) is 2. The third kappa shape index (κ3) is 3.94. The molecule has 2 amide bonds. The standard InChI is InChI=1S/C12H17N3O2/c1-17-11-5-4-10(7-13-11)8-15-12(16)14-6-9-2-3-9/h4-5,7,9H,2-3,6,8H2,1H3,(H2,14,15,16). The lowest BCUT2D eigenvalue weighted by molar-refractivity contribution is 0.240. The van der Waals surface area contributed by atoms with Crippen LogP contribution in [0.15, 0.2) is 18.3 Å². The summed E-state index contributed by atoms with van der Waals surface area (Å²) in [5, 5.41) is 5.63. The van der Waals surface area contributed by atoms with E-state index in [2.05, 4.69) is 15.6 Å².